The number of fused-ring (bicyclic) bond motifs is 1. The fourth-order valence-corrected chi connectivity index (χ4v) is 2.95. The fourth-order valence-electron chi connectivity index (χ4n) is 2.68. The predicted molar refractivity (Wildman–Crippen MR) is 84.8 cm³/mol. The molecule has 0 spiro atoms. The molecular formula is C16H25ClN2O. The molecule has 0 saturated carbocycles. The number of likely N-dealkylation sites (N-methyl/N-ethyl adjacent to an activating group) is 1. The van der Waals surface area contributed by atoms with Crippen LogP contribution in [-0.2, 0) is 13.0 Å². The number of hydrogen-bond donors (Lipinski definition) is 1. The van der Waals surface area contributed by atoms with Crippen molar-refractivity contribution in [3.63, 3.8) is 0 Å². The normalized spacial score (nSPS) is 13.6. The Morgan fingerprint density at radius 2 is 2.15 bits per heavy atom. The van der Waals surface area contributed by atoms with Crippen LogP contribution in [0.25, 0.3) is 0 Å². The van der Waals surface area contributed by atoms with Gasteiger partial charge in [-0.2, -0.15) is 0 Å². The third-order valence-electron chi connectivity index (χ3n) is 3.73. The molecule has 0 fully saturated rings. The summed E-state index contributed by atoms with van der Waals surface area (Å²) >= 11 is 6.16. The highest BCUT2D eigenvalue weighted by Gasteiger charge is 2.17. The van der Waals surface area contributed by atoms with Crippen molar-refractivity contribution in [1.29, 1.82) is 0 Å². The van der Waals surface area contributed by atoms with Gasteiger partial charge in [0.05, 0.1) is 6.61 Å². The summed E-state index contributed by atoms with van der Waals surface area (Å²) < 4.78 is 5.71. The molecule has 1 aliphatic heterocycles. The molecule has 1 aromatic carbocycles. The molecule has 0 amide bonds. The van der Waals surface area contributed by atoms with Crippen molar-refractivity contribution in [2.45, 2.75) is 33.2 Å². The standard InChI is InChI=1S/C16H25ClN2O/c1-3-7-19(4-2)8-6-18-12-14-11-15(17)10-13-5-9-20-16(13)14/h10-11,18H,3-9,12H2,1-2H3. The Balaban J connectivity index is 1.83. The van der Waals surface area contributed by atoms with Crippen molar-refractivity contribution in [1.82, 2.24) is 10.2 Å². The van der Waals surface area contributed by atoms with Gasteiger partial charge in [0.25, 0.3) is 0 Å². The molecule has 1 aliphatic rings. The van der Waals surface area contributed by atoms with Crippen LogP contribution in [0.3, 0.4) is 0 Å². The van der Waals surface area contributed by atoms with Crippen molar-refractivity contribution in [3.8, 4) is 5.75 Å². The molecule has 1 heterocycles. The van der Waals surface area contributed by atoms with Crippen LogP contribution in [-0.4, -0.2) is 37.7 Å². The summed E-state index contributed by atoms with van der Waals surface area (Å²) in [5, 5.41) is 4.31. The minimum Gasteiger partial charge on any atom is -0.493 e. The van der Waals surface area contributed by atoms with Crippen molar-refractivity contribution in [2.24, 2.45) is 0 Å². The molecule has 0 aromatic heterocycles. The number of rotatable bonds is 8. The van der Waals surface area contributed by atoms with Crippen LogP contribution in [0.2, 0.25) is 5.02 Å². The lowest BCUT2D eigenvalue weighted by Gasteiger charge is -2.19. The van der Waals surface area contributed by atoms with Gasteiger partial charge in [0.15, 0.2) is 0 Å². The van der Waals surface area contributed by atoms with Crippen LogP contribution >= 0.6 is 11.6 Å². The highest BCUT2D eigenvalue weighted by atomic mass is 35.5. The lowest BCUT2D eigenvalue weighted by atomic mass is 10.1. The Morgan fingerprint density at radius 1 is 1.30 bits per heavy atom. The maximum Gasteiger partial charge on any atom is 0.127 e. The molecule has 1 aromatic rings. The van der Waals surface area contributed by atoms with E-state index in [4.69, 9.17) is 16.3 Å². The number of hydrogen-bond acceptors (Lipinski definition) is 3. The molecule has 4 heteroatoms. The number of nitrogens with zero attached hydrogens (tertiary/aromatic N) is 1. The van der Waals surface area contributed by atoms with Crippen LogP contribution in [0.1, 0.15) is 31.4 Å². The Kier molecular flexibility index (Phi) is 6.14. The first-order chi connectivity index (χ1) is 9.74. The summed E-state index contributed by atoms with van der Waals surface area (Å²) in [4.78, 5) is 2.46. The third-order valence-corrected chi connectivity index (χ3v) is 3.95. The predicted octanol–water partition coefficient (Wildman–Crippen LogP) is 3.10. The first kappa shape index (κ1) is 15.6. The van der Waals surface area contributed by atoms with Gasteiger partial charge < -0.3 is 15.0 Å². The summed E-state index contributed by atoms with van der Waals surface area (Å²) in [6.45, 7) is 10.4. The SMILES string of the molecule is CCCN(CC)CCNCc1cc(Cl)cc2c1OCC2. The zero-order chi connectivity index (χ0) is 14.4. The molecule has 0 aliphatic carbocycles. The lowest BCUT2D eigenvalue weighted by molar-refractivity contribution is 0.287. The monoisotopic (exact) mass is 296 g/mol. The van der Waals surface area contributed by atoms with Gasteiger partial charge in [0, 0.05) is 36.6 Å². The molecule has 0 radical (unpaired) electrons. The summed E-state index contributed by atoms with van der Waals surface area (Å²) in [7, 11) is 0. The van der Waals surface area contributed by atoms with E-state index in [0.717, 1.165) is 50.0 Å². The summed E-state index contributed by atoms with van der Waals surface area (Å²) in [5.41, 5.74) is 2.43. The average molecular weight is 297 g/mol. The van der Waals surface area contributed by atoms with E-state index < -0.39 is 0 Å². The first-order valence-corrected chi connectivity index (χ1v) is 7.99. The van der Waals surface area contributed by atoms with E-state index in [9.17, 15) is 0 Å². The average Bonchev–Trinajstić information content (AvgIpc) is 2.90. The van der Waals surface area contributed by atoms with Gasteiger partial charge in [-0.25, -0.2) is 0 Å². The number of benzene rings is 1. The highest BCUT2D eigenvalue weighted by Crippen LogP contribution is 2.32. The second kappa shape index (κ2) is 7.87. The molecule has 1 N–H and O–H groups in total. The van der Waals surface area contributed by atoms with Crippen molar-refractivity contribution >= 4 is 11.6 Å². The van der Waals surface area contributed by atoms with Gasteiger partial charge in [-0.1, -0.05) is 25.4 Å². The van der Waals surface area contributed by atoms with E-state index in [1.165, 1.54) is 24.1 Å². The smallest absolute Gasteiger partial charge is 0.127 e. The van der Waals surface area contributed by atoms with Crippen molar-refractivity contribution in [2.75, 3.05) is 32.8 Å². The zero-order valence-electron chi connectivity index (χ0n) is 12.5. The molecular weight excluding hydrogens is 272 g/mol. The number of halogens is 1. The summed E-state index contributed by atoms with van der Waals surface area (Å²) in [5.74, 6) is 1.04. The quantitative estimate of drug-likeness (QED) is 0.746. The van der Waals surface area contributed by atoms with E-state index in [2.05, 4.69) is 24.1 Å². The zero-order valence-corrected chi connectivity index (χ0v) is 13.3. The van der Waals surface area contributed by atoms with Crippen molar-refractivity contribution < 1.29 is 4.74 Å². The minimum absolute atomic E-state index is 0.781. The molecule has 0 bridgehead atoms. The van der Waals surface area contributed by atoms with Gasteiger partial charge in [-0.15, -0.1) is 0 Å². The van der Waals surface area contributed by atoms with Crippen LogP contribution in [0.5, 0.6) is 5.75 Å². The van der Waals surface area contributed by atoms with Crippen molar-refractivity contribution in [3.05, 3.63) is 28.3 Å². The van der Waals surface area contributed by atoms with Crippen LogP contribution in [0.4, 0.5) is 0 Å². The Bertz CT molecular complexity index is 437. The number of ether oxygens (including phenoxy) is 1. The fraction of sp³-hybridized carbons (Fsp3) is 0.625. The molecule has 0 atom stereocenters. The van der Waals surface area contributed by atoms with Crippen LogP contribution in [0, 0.1) is 0 Å². The largest absolute Gasteiger partial charge is 0.493 e. The van der Waals surface area contributed by atoms with E-state index in [-0.39, 0.29) is 0 Å². The van der Waals surface area contributed by atoms with E-state index in [1.807, 2.05) is 12.1 Å². The maximum absolute atomic E-state index is 6.16. The summed E-state index contributed by atoms with van der Waals surface area (Å²) in [6, 6.07) is 4.04. The van der Waals surface area contributed by atoms with E-state index in [0.29, 0.717) is 0 Å². The Morgan fingerprint density at radius 3 is 2.90 bits per heavy atom. The second-order valence-corrected chi connectivity index (χ2v) is 5.70. The highest BCUT2D eigenvalue weighted by molar-refractivity contribution is 6.30. The lowest BCUT2D eigenvalue weighted by Crippen LogP contribution is -2.32. The molecule has 20 heavy (non-hydrogen) atoms. The first-order valence-electron chi connectivity index (χ1n) is 7.61. The Hall–Kier alpha value is -0.770. The number of nitrogens with one attached hydrogen (secondary N) is 1. The van der Waals surface area contributed by atoms with Gasteiger partial charge in [0.1, 0.15) is 5.75 Å². The summed E-state index contributed by atoms with van der Waals surface area (Å²) in [6.07, 6.45) is 2.19. The maximum atomic E-state index is 6.16. The van der Waals surface area contributed by atoms with Gasteiger partial charge in [0.2, 0.25) is 0 Å². The van der Waals surface area contributed by atoms with E-state index >= 15 is 0 Å². The molecule has 2 rings (SSSR count). The second-order valence-electron chi connectivity index (χ2n) is 5.26. The molecule has 0 saturated heterocycles. The van der Waals surface area contributed by atoms with E-state index in [1.54, 1.807) is 0 Å². The topological polar surface area (TPSA) is 24.5 Å². The molecule has 3 nitrogen and oxygen atoms in total. The molecule has 112 valence electrons. The van der Waals surface area contributed by atoms with Gasteiger partial charge in [-0.3, -0.25) is 0 Å². The van der Waals surface area contributed by atoms with Crippen LogP contribution in [0.15, 0.2) is 12.1 Å². The third kappa shape index (κ3) is 4.11. The minimum atomic E-state index is 0.781. The van der Waals surface area contributed by atoms with Crippen LogP contribution < -0.4 is 10.1 Å². The Labute approximate surface area is 127 Å². The van der Waals surface area contributed by atoms with Gasteiger partial charge >= 0.3 is 0 Å². The van der Waals surface area contributed by atoms with Gasteiger partial charge in [-0.05, 0) is 37.2 Å². The molecule has 0 unspecified atom stereocenters.